The minimum atomic E-state index is -0.652. The maximum atomic E-state index is 12.9. The Kier molecular flexibility index (Phi) is 9.29. The van der Waals surface area contributed by atoms with Gasteiger partial charge in [-0.25, -0.2) is 0 Å². The number of carbonyl (C=O) groups is 2. The fourth-order valence-corrected chi connectivity index (χ4v) is 3.13. The quantitative estimate of drug-likeness (QED) is 0.548. The van der Waals surface area contributed by atoms with E-state index in [-0.39, 0.29) is 25.0 Å². The number of carbonyl (C=O) groups excluding carboxylic acids is 2. The summed E-state index contributed by atoms with van der Waals surface area (Å²) in [6, 6.07) is 13.4. The lowest BCUT2D eigenvalue weighted by Gasteiger charge is -2.28. The lowest BCUT2D eigenvalue weighted by atomic mass is 10.1. The van der Waals surface area contributed by atoms with E-state index in [4.69, 9.17) is 27.9 Å². The Labute approximate surface area is 181 Å². The summed E-state index contributed by atoms with van der Waals surface area (Å²) in [5, 5.41) is 3.98. The van der Waals surface area contributed by atoms with Gasteiger partial charge in [0, 0.05) is 23.1 Å². The van der Waals surface area contributed by atoms with Gasteiger partial charge in [0.15, 0.2) is 6.61 Å². The Hall–Kier alpha value is -2.24. The highest BCUT2D eigenvalue weighted by Crippen LogP contribution is 2.18. The number of benzene rings is 2. The van der Waals surface area contributed by atoms with E-state index in [1.54, 1.807) is 43.3 Å². The van der Waals surface area contributed by atoms with E-state index < -0.39 is 6.04 Å². The number of unbranched alkanes of at least 4 members (excludes halogenated alkanes) is 1. The van der Waals surface area contributed by atoms with Crippen LogP contribution in [0.25, 0.3) is 0 Å². The molecule has 1 N–H and O–H groups in total. The van der Waals surface area contributed by atoms with E-state index in [9.17, 15) is 9.59 Å². The predicted octanol–water partition coefficient (Wildman–Crippen LogP) is 4.71. The van der Waals surface area contributed by atoms with Crippen molar-refractivity contribution in [3.8, 4) is 5.75 Å². The van der Waals surface area contributed by atoms with Crippen LogP contribution in [0.1, 0.15) is 32.3 Å². The molecular formula is C22H26Cl2N2O3. The van der Waals surface area contributed by atoms with Crippen molar-refractivity contribution in [3.05, 3.63) is 64.1 Å². The topological polar surface area (TPSA) is 58.6 Å². The fraction of sp³-hybridized carbons (Fsp3) is 0.364. The van der Waals surface area contributed by atoms with Crippen LogP contribution in [0, 0.1) is 0 Å². The van der Waals surface area contributed by atoms with Crippen molar-refractivity contribution in [2.45, 2.75) is 39.3 Å². The van der Waals surface area contributed by atoms with Gasteiger partial charge in [0.2, 0.25) is 5.91 Å². The summed E-state index contributed by atoms with van der Waals surface area (Å²) in [5.74, 6) is -0.00622. The van der Waals surface area contributed by atoms with E-state index in [1.165, 1.54) is 4.90 Å². The summed E-state index contributed by atoms with van der Waals surface area (Å²) in [6.07, 6.45) is 1.87. The summed E-state index contributed by atoms with van der Waals surface area (Å²) in [7, 11) is 0. The number of ether oxygens (including phenoxy) is 1. The zero-order valence-electron chi connectivity index (χ0n) is 16.7. The molecule has 0 bridgehead atoms. The van der Waals surface area contributed by atoms with Crippen LogP contribution in [0.15, 0.2) is 48.5 Å². The monoisotopic (exact) mass is 436 g/mol. The summed E-state index contributed by atoms with van der Waals surface area (Å²) in [6.45, 7) is 4.40. The second-order valence-electron chi connectivity index (χ2n) is 6.72. The number of rotatable bonds is 10. The molecule has 1 unspecified atom stereocenters. The van der Waals surface area contributed by atoms with Gasteiger partial charge in [-0.1, -0.05) is 54.7 Å². The first kappa shape index (κ1) is 23.0. The molecule has 0 aliphatic carbocycles. The van der Waals surface area contributed by atoms with Crippen molar-refractivity contribution >= 4 is 35.0 Å². The van der Waals surface area contributed by atoms with Crippen LogP contribution in [-0.2, 0) is 16.1 Å². The van der Waals surface area contributed by atoms with Gasteiger partial charge < -0.3 is 15.0 Å². The number of hydrogen-bond donors (Lipinski definition) is 1. The summed E-state index contributed by atoms with van der Waals surface area (Å²) >= 11 is 12.0. The third-order valence-corrected chi connectivity index (χ3v) is 4.87. The molecule has 0 fully saturated rings. The fourth-order valence-electron chi connectivity index (χ4n) is 2.74. The highest BCUT2D eigenvalue weighted by Gasteiger charge is 2.26. The molecule has 0 saturated carbocycles. The molecular weight excluding hydrogens is 411 g/mol. The maximum absolute atomic E-state index is 12.9. The SMILES string of the molecule is CCCCNC(=O)C(C)N(Cc1cccc(Cl)c1)C(=O)COc1cccc(Cl)c1. The average molecular weight is 437 g/mol. The summed E-state index contributed by atoms with van der Waals surface area (Å²) in [5.41, 5.74) is 0.835. The molecule has 29 heavy (non-hydrogen) atoms. The molecule has 0 aliphatic heterocycles. The second-order valence-corrected chi connectivity index (χ2v) is 7.59. The van der Waals surface area contributed by atoms with Gasteiger partial charge in [-0.15, -0.1) is 0 Å². The first-order valence-corrected chi connectivity index (χ1v) is 10.4. The van der Waals surface area contributed by atoms with Crippen molar-refractivity contribution < 1.29 is 14.3 Å². The molecule has 2 rings (SSSR count). The van der Waals surface area contributed by atoms with E-state index in [0.717, 1.165) is 18.4 Å². The molecule has 2 aromatic carbocycles. The third kappa shape index (κ3) is 7.59. The van der Waals surface area contributed by atoms with Crippen LogP contribution in [0.5, 0.6) is 5.75 Å². The van der Waals surface area contributed by atoms with Crippen LogP contribution in [0.2, 0.25) is 10.0 Å². The molecule has 2 amide bonds. The minimum Gasteiger partial charge on any atom is -0.484 e. The molecule has 0 radical (unpaired) electrons. The molecule has 5 nitrogen and oxygen atoms in total. The molecule has 7 heteroatoms. The van der Waals surface area contributed by atoms with Gasteiger partial charge in [0.25, 0.3) is 5.91 Å². The zero-order valence-corrected chi connectivity index (χ0v) is 18.2. The first-order valence-electron chi connectivity index (χ1n) is 9.60. The summed E-state index contributed by atoms with van der Waals surface area (Å²) in [4.78, 5) is 27.0. The summed E-state index contributed by atoms with van der Waals surface area (Å²) < 4.78 is 5.59. The molecule has 156 valence electrons. The van der Waals surface area contributed by atoms with Gasteiger partial charge in [0.1, 0.15) is 11.8 Å². The Balaban J connectivity index is 2.11. The number of nitrogens with one attached hydrogen (secondary N) is 1. The van der Waals surface area contributed by atoms with Gasteiger partial charge in [-0.2, -0.15) is 0 Å². The van der Waals surface area contributed by atoms with E-state index in [2.05, 4.69) is 12.2 Å². The lowest BCUT2D eigenvalue weighted by Crippen LogP contribution is -2.49. The molecule has 1 atom stereocenters. The minimum absolute atomic E-state index is 0.198. The van der Waals surface area contributed by atoms with Gasteiger partial charge in [0.05, 0.1) is 0 Å². The van der Waals surface area contributed by atoms with E-state index in [1.807, 2.05) is 12.1 Å². The van der Waals surface area contributed by atoms with Crippen LogP contribution in [0.4, 0.5) is 0 Å². The molecule has 0 heterocycles. The van der Waals surface area contributed by atoms with Crippen molar-refractivity contribution in [2.24, 2.45) is 0 Å². The molecule has 2 aromatic rings. The van der Waals surface area contributed by atoms with Crippen LogP contribution in [-0.4, -0.2) is 35.9 Å². The van der Waals surface area contributed by atoms with Crippen molar-refractivity contribution in [1.82, 2.24) is 10.2 Å². The largest absolute Gasteiger partial charge is 0.484 e. The molecule has 0 spiro atoms. The third-order valence-electron chi connectivity index (χ3n) is 4.40. The van der Waals surface area contributed by atoms with Crippen LogP contribution < -0.4 is 10.1 Å². The van der Waals surface area contributed by atoms with E-state index >= 15 is 0 Å². The first-order chi connectivity index (χ1) is 13.9. The maximum Gasteiger partial charge on any atom is 0.261 e. The lowest BCUT2D eigenvalue weighted by molar-refractivity contribution is -0.142. The zero-order chi connectivity index (χ0) is 21.2. The van der Waals surface area contributed by atoms with Gasteiger partial charge >= 0.3 is 0 Å². The highest BCUT2D eigenvalue weighted by atomic mass is 35.5. The van der Waals surface area contributed by atoms with Crippen LogP contribution in [0.3, 0.4) is 0 Å². The second kappa shape index (κ2) is 11.7. The number of amides is 2. The number of hydrogen-bond acceptors (Lipinski definition) is 3. The molecule has 0 saturated heterocycles. The van der Waals surface area contributed by atoms with Crippen molar-refractivity contribution in [3.63, 3.8) is 0 Å². The predicted molar refractivity (Wildman–Crippen MR) is 116 cm³/mol. The van der Waals surface area contributed by atoms with Gasteiger partial charge in [-0.3, -0.25) is 9.59 Å². The smallest absolute Gasteiger partial charge is 0.261 e. The highest BCUT2D eigenvalue weighted by molar-refractivity contribution is 6.30. The molecule has 0 aliphatic rings. The number of nitrogens with zero attached hydrogens (tertiary/aromatic N) is 1. The van der Waals surface area contributed by atoms with Gasteiger partial charge in [-0.05, 0) is 49.2 Å². The Morgan fingerprint density at radius 2 is 1.79 bits per heavy atom. The Morgan fingerprint density at radius 3 is 2.45 bits per heavy atom. The van der Waals surface area contributed by atoms with E-state index in [0.29, 0.717) is 22.3 Å². The Bertz CT molecular complexity index is 829. The average Bonchev–Trinajstić information content (AvgIpc) is 2.70. The van der Waals surface area contributed by atoms with Crippen LogP contribution >= 0.6 is 23.2 Å². The normalized spacial score (nSPS) is 11.6. The van der Waals surface area contributed by atoms with Crippen molar-refractivity contribution in [1.29, 1.82) is 0 Å². The number of halogens is 2. The van der Waals surface area contributed by atoms with Crippen molar-refractivity contribution in [2.75, 3.05) is 13.2 Å². The molecule has 0 aromatic heterocycles. The standard InChI is InChI=1S/C22H26Cl2N2O3/c1-3-4-11-25-22(28)16(2)26(14-17-7-5-8-18(23)12-17)21(27)15-29-20-10-6-9-19(24)13-20/h5-10,12-13,16H,3-4,11,14-15H2,1-2H3,(H,25,28). The Morgan fingerprint density at radius 1 is 1.10 bits per heavy atom.